The maximum absolute atomic E-state index is 11.6. The van der Waals surface area contributed by atoms with E-state index in [1.807, 2.05) is 40.9 Å². The number of nitriles is 1. The zero-order valence-electron chi connectivity index (χ0n) is 27.7. The van der Waals surface area contributed by atoms with Gasteiger partial charge in [-0.1, -0.05) is 61.0 Å². The molecule has 0 amide bonds. The molecule has 7 rings (SSSR count). The average molecular weight is 678 g/mol. The number of nitrogens with zero attached hydrogens (tertiary/aromatic N) is 5. The van der Waals surface area contributed by atoms with E-state index in [9.17, 15) is 20.3 Å². The standard InChI is InChI=1S/C39H40ClN5O4/c1-25-33(34-6-3-4-8-35(34)40)7-5-12-39(25,36-10-9-28(37(42-36)49-2)21-44-19-27(20-44)24-46)30-16-31-14-26(15-32(17-41)45(31)23-30)18-43-13-11-29(22-43)38(47)48/h3-10,12,14-16,23,25,27,29,46H,11,13,18-22,24H2,1-2H3,(H,47,48)/t25?,29-,39?/m1/s1. The van der Waals surface area contributed by atoms with Crippen molar-refractivity contribution in [3.63, 3.8) is 0 Å². The highest BCUT2D eigenvalue weighted by molar-refractivity contribution is 6.32. The highest BCUT2D eigenvalue weighted by atomic mass is 35.5. The van der Waals surface area contributed by atoms with Crippen LogP contribution < -0.4 is 4.74 Å². The first-order chi connectivity index (χ1) is 23.7. The molecular weight excluding hydrogens is 638 g/mol. The van der Waals surface area contributed by atoms with Crippen molar-refractivity contribution in [2.24, 2.45) is 17.8 Å². The van der Waals surface area contributed by atoms with Crippen LogP contribution in [0.4, 0.5) is 0 Å². The molecule has 9 nitrogen and oxygen atoms in total. The molecule has 0 saturated carbocycles. The van der Waals surface area contributed by atoms with Crippen LogP contribution >= 0.6 is 11.6 Å². The number of aromatic nitrogens is 2. The molecule has 0 spiro atoms. The minimum absolute atomic E-state index is 0.110. The van der Waals surface area contributed by atoms with Gasteiger partial charge in [0.05, 0.1) is 24.1 Å². The number of aliphatic carboxylic acids is 1. The normalized spacial score (nSPS) is 23.0. The molecule has 3 aromatic heterocycles. The Morgan fingerprint density at radius 2 is 1.94 bits per heavy atom. The topological polar surface area (TPSA) is 114 Å². The van der Waals surface area contributed by atoms with E-state index in [2.05, 4.69) is 65.3 Å². The van der Waals surface area contributed by atoms with E-state index in [-0.39, 0.29) is 18.4 Å². The van der Waals surface area contributed by atoms with Crippen molar-refractivity contribution in [3.05, 3.63) is 118 Å². The van der Waals surface area contributed by atoms with Crippen LogP contribution in [-0.2, 0) is 23.3 Å². The van der Waals surface area contributed by atoms with E-state index < -0.39 is 11.4 Å². The van der Waals surface area contributed by atoms with Crippen molar-refractivity contribution in [1.82, 2.24) is 19.2 Å². The summed E-state index contributed by atoms with van der Waals surface area (Å²) in [5.41, 5.74) is 6.43. The highest BCUT2D eigenvalue weighted by Crippen LogP contribution is 2.50. The molecule has 3 atom stereocenters. The Morgan fingerprint density at radius 3 is 2.65 bits per heavy atom. The van der Waals surface area contributed by atoms with E-state index >= 15 is 0 Å². The minimum atomic E-state index is -0.758. The van der Waals surface area contributed by atoms with Crippen molar-refractivity contribution in [2.75, 3.05) is 39.9 Å². The molecule has 10 heteroatoms. The van der Waals surface area contributed by atoms with Crippen LogP contribution in [0.25, 0.3) is 11.1 Å². The number of benzene rings is 1. The van der Waals surface area contributed by atoms with Gasteiger partial charge in [-0.05, 0) is 65.6 Å². The Kier molecular flexibility index (Phi) is 9.07. The molecule has 49 heavy (non-hydrogen) atoms. The van der Waals surface area contributed by atoms with Crippen LogP contribution in [0, 0.1) is 29.1 Å². The molecule has 3 aliphatic rings. The van der Waals surface area contributed by atoms with Crippen LogP contribution in [0.5, 0.6) is 5.88 Å². The van der Waals surface area contributed by atoms with E-state index in [0.717, 1.165) is 52.1 Å². The molecular formula is C39H40ClN5O4. The molecule has 2 saturated heterocycles. The fourth-order valence-corrected chi connectivity index (χ4v) is 8.18. The number of likely N-dealkylation sites (tertiary alicyclic amines) is 2. The smallest absolute Gasteiger partial charge is 0.307 e. The first-order valence-electron chi connectivity index (χ1n) is 16.8. The van der Waals surface area contributed by atoms with Crippen LogP contribution in [-0.4, -0.2) is 75.3 Å². The molecule has 2 unspecified atom stereocenters. The predicted molar refractivity (Wildman–Crippen MR) is 188 cm³/mol. The van der Waals surface area contributed by atoms with Crippen molar-refractivity contribution in [3.8, 4) is 11.9 Å². The summed E-state index contributed by atoms with van der Waals surface area (Å²) in [6, 6.07) is 20.6. The maximum Gasteiger partial charge on any atom is 0.307 e. The third kappa shape index (κ3) is 6.04. The highest BCUT2D eigenvalue weighted by Gasteiger charge is 2.44. The second-order valence-corrected chi connectivity index (χ2v) is 14.0. The molecule has 252 valence electrons. The number of hydrogen-bond donors (Lipinski definition) is 2. The SMILES string of the molecule is COc1nc(C2(c3cc4cc(CN5CC[C@@H](C(=O)O)C5)cc(C#N)n4c3)C=CC=C(c3ccccc3Cl)C2C)ccc1CN1CC(CO)C1. The summed E-state index contributed by atoms with van der Waals surface area (Å²) in [4.78, 5) is 21.2. The molecule has 0 bridgehead atoms. The lowest BCUT2D eigenvalue weighted by Gasteiger charge is -2.40. The fourth-order valence-electron chi connectivity index (χ4n) is 7.93. The van der Waals surface area contributed by atoms with Gasteiger partial charge in [-0.3, -0.25) is 14.6 Å². The number of aliphatic hydroxyl groups excluding tert-OH is 1. The van der Waals surface area contributed by atoms with Gasteiger partial charge in [-0.2, -0.15) is 5.26 Å². The maximum atomic E-state index is 11.6. The first kappa shape index (κ1) is 33.1. The lowest BCUT2D eigenvalue weighted by atomic mass is 9.63. The lowest BCUT2D eigenvalue weighted by Crippen LogP contribution is -2.47. The zero-order chi connectivity index (χ0) is 34.3. The van der Waals surface area contributed by atoms with Gasteiger partial charge in [0, 0.05) is 73.5 Å². The Balaban J connectivity index is 1.32. The van der Waals surface area contributed by atoms with Gasteiger partial charge in [0.25, 0.3) is 0 Å². The summed E-state index contributed by atoms with van der Waals surface area (Å²) in [5.74, 6) is -0.359. The third-order valence-electron chi connectivity index (χ3n) is 10.6. The fraction of sp³-hybridized carbons (Fsp3) is 0.359. The largest absolute Gasteiger partial charge is 0.481 e. The van der Waals surface area contributed by atoms with Gasteiger partial charge in [-0.15, -0.1) is 0 Å². The quantitative estimate of drug-likeness (QED) is 0.217. The summed E-state index contributed by atoms with van der Waals surface area (Å²) in [6.45, 7) is 6.55. The lowest BCUT2D eigenvalue weighted by molar-refractivity contribution is -0.141. The van der Waals surface area contributed by atoms with Crippen LogP contribution in [0.3, 0.4) is 0 Å². The average Bonchev–Trinajstić information content (AvgIpc) is 3.74. The van der Waals surface area contributed by atoms with Gasteiger partial charge in [0.2, 0.25) is 5.88 Å². The molecule has 2 aliphatic heterocycles. The van der Waals surface area contributed by atoms with Crippen LogP contribution in [0.1, 0.15) is 47.0 Å². The van der Waals surface area contributed by atoms with E-state index in [4.69, 9.17) is 21.3 Å². The predicted octanol–water partition coefficient (Wildman–Crippen LogP) is 5.77. The third-order valence-corrected chi connectivity index (χ3v) is 10.9. The number of carboxylic acids is 1. The van der Waals surface area contributed by atoms with Gasteiger partial charge >= 0.3 is 5.97 Å². The zero-order valence-corrected chi connectivity index (χ0v) is 28.5. The number of ether oxygens (including phenoxy) is 1. The number of methoxy groups -OCH3 is 1. The van der Waals surface area contributed by atoms with Gasteiger partial charge in [-0.25, -0.2) is 4.98 Å². The molecule has 2 N–H and O–H groups in total. The monoisotopic (exact) mass is 677 g/mol. The van der Waals surface area contributed by atoms with E-state index in [1.165, 1.54) is 0 Å². The number of hydrogen-bond acceptors (Lipinski definition) is 7. The van der Waals surface area contributed by atoms with E-state index in [0.29, 0.717) is 55.1 Å². The Bertz CT molecular complexity index is 2010. The van der Waals surface area contributed by atoms with Crippen LogP contribution in [0.2, 0.25) is 5.02 Å². The van der Waals surface area contributed by atoms with Gasteiger partial charge in [0.1, 0.15) is 11.8 Å². The van der Waals surface area contributed by atoms with Crippen molar-refractivity contribution >= 4 is 28.7 Å². The molecule has 4 aromatic rings. The summed E-state index contributed by atoms with van der Waals surface area (Å²) in [5, 5.41) is 30.0. The summed E-state index contributed by atoms with van der Waals surface area (Å²) in [6.07, 6.45) is 9.05. The molecule has 1 aliphatic carbocycles. The van der Waals surface area contributed by atoms with Crippen LogP contribution in [0.15, 0.2) is 79.0 Å². The van der Waals surface area contributed by atoms with Gasteiger partial charge in [0.15, 0.2) is 0 Å². The number of pyridine rings is 2. The number of rotatable bonds is 10. The second-order valence-electron chi connectivity index (χ2n) is 13.6. The van der Waals surface area contributed by atoms with Crippen molar-refractivity contribution in [2.45, 2.75) is 31.8 Å². The Hall–Kier alpha value is -4.46. The van der Waals surface area contributed by atoms with Crippen molar-refractivity contribution in [1.29, 1.82) is 5.26 Å². The molecule has 0 radical (unpaired) electrons. The first-order valence-corrected chi connectivity index (χ1v) is 17.1. The number of carboxylic acid groups (broad SMARTS) is 1. The Morgan fingerprint density at radius 1 is 1.12 bits per heavy atom. The number of carbonyl (C=O) groups is 1. The summed E-state index contributed by atoms with van der Waals surface area (Å²) < 4.78 is 7.84. The number of aliphatic hydroxyl groups is 1. The summed E-state index contributed by atoms with van der Waals surface area (Å²) >= 11 is 6.78. The minimum Gasteiger partial charge on any atom is -0.481 e. The second kappa shape index (κ2) is 13.4. The Labute approximate surface area is 291 Å². The van der Waals surface area contributed by atoms with Gasteiger partial charge < -0.3 is 19.4 Å². The summed E-state index contributed by atoms with van der Waals surface area (Å²) in [7, 11) is 1.65. The number of allylic oxidation sites excluding steroid dienone is 4. The molecule has 5 heterocycles. The van der Waals surface area contributed by atoms with E-state index in [1.54, 1.807) is 7.11 Å². The van der Waals surface area contributed by atoms with Crippen molar-refractivity contribution < 1.29 is 19.7 Å². The number of halogens is 1. The number of fused-ring (bicyclic) bond motifs is 1. The molecule has 1 aromatic carbocycles. The molecule has 2 fully saturated rings.